The summed E-state index contributed by atoms with van der Waals surface area (Å²) in [6.07, 6.45) is 2.72. The van der Waals surface area contributed by atoms with Gasteiger partial charge in [-0.1, -0.05) is 0 Å². The zero-order valence-corrected chi connectivity index (χ0v) is 16.3. The Hall–Kier alpha value is -2.28. The Morgan fingerprint density at radius 2 is 2.07 bits per heavy atom. The topological polar surface area (TPSA) is 75.1 Å². The van der Waals surface area contributed by atoms with Crippen molar-refractivity contribution in [1.29, 1.82) is 0 Å². The highest BCUT2D eigenvalue weighted by molar-refractivity contribution is 5.96. The number of carbonyl (C=O) groups is 2. The second kappa shape index (κ2) is 9.08. The molecule has 148 valence electrons. The Morgan fingerprint density at radius 1 is 1.30 bits per heavy atom. The van der Waals surface area contributed by atoms with E-state index in [9.17, 15) is 9.59 Å². The van der Waals surface area contributed by atoms with Crippen molar-refractivity contribution in [3.63, 3.8) is 0 Å². The maximum absolute atomic E-state index is 12.3. The highest BCUT2D eigenvalue weighted by atomic mass is 16.5. The SMILES string of the molecule is CCOc1ccc(N2C[C@H](NC(=O)NC[C@@H]3CCC[NH+]3CC)CC2=O)cc1. The first-order chi connectivity index (χ1) is 13.1. The van der Waals surface area contributed by atoms with Gasteiger partial charge in [-0.05, 0) is 38.1 Å². The molecule has 3 rings (SSSR count). The van der Waals surface area contributed by atoms with E-state index < -0.39 is 0 Å². The Morgan fingerprint density at radius 3 is 2.78 bits per heavy atom. The number of benzene rings is 1. The molecule has 1 unspecified atom stereocenters. The van der Waals surface area contributed by atoms with E-state index >= 15 is 0 Å². The molecular formula is C20H31N4O3+. The van der Waals surface area contributed by atoms with E-state index in [0.29, 0.717) is 32.2 Å². The molecule has 27 heavy (non-hydrogen) atoms. The fourth-order valence-electron chi connectivity index (χ4n) is 4.09. The number of likely N-dealkylation sites (tertiary alicyclic amines) is 1. The number of rotatable bonds is 7. The predicted molar refractivity (Wildman–Crippen MR) is 104 cm³/mol. The molecule has 3 N–H and O–H groups in total. The molecular weight excluding hydrogens is 344 g/mol. The minimum atomic E-state index is -0.177. The van der Waals surface area contributed by atoms with E-state index in [4.69, 9.17) is 4.74 Å². The van der Waals surface area contributed by atoms with Gasteiger partial charge in [0.25, 0.3) is 0 Å². The lowest BCUT2D eigenvalue weighted by Crippen LogP contribution is -3.14. The summed E-state index contributed by atoms with van der Waals surface area (Å²) in [4.78, 5) is 27.9. The summed E-state index contributed by atoms with van der Waals surface area (Å²) in [5, 5.41) is 5.94. The molecule has 7 nitrogen and oxygen atoms in total. The summed E-state index contributed by atoms with van der Waals surface area (Å²) in [6, 6.07) is 7.66. The molecule has 0 aromatic heterocycles. The number of urea groups is 1. The number of ether oxygens (including phenoxy) is 1. The number of anilines is 1. The fourth-order valence-corrected chi connectivity index (χ4v) is 4.09. The second-order valence-corrected chi connectivity index (χ2v) is 7.29. The smallest absolute Gasteiger partial charge is 0.315 e. The summed E-state index contributed by atoms with van der Waals surface area (Å²) < 4.78 is 5.44. The molecule has 2 aliphatic rings. The molecule has 0 spiro atoms. The van der Waals surface area contributed by atoms with Crippen LogP contribution in [0.1, 0.15) is 33.1 Å². The van der Waals surface area contributed by atoms with Gasteiger partial charge in [-0.2, -0.15) is 0 Å². The molecule has 0 radical (unpaired) electrons. The van der Waals surface area contributed by atoms with Gasteiger partial charge >= 0.3 is 6.03 Å². The summed E-state index contributed by atoms with van der Waals surface area (Å²) in [5.74, 6) is 0.818. The van der Waals surface area contributed by atoms with Crippen LogP contribution in [-0.4, -0.2) is 56.8 Å². The Balaban J connectivity index is 1.47. The average molecular weight is 375 g/mol. The van der Waals surface area contributed by atoms with Gasteiger partial charge in [-0.15, -0.1) is 0 Å². The van der Waals surface area contributed by atoms with Crippen LogP contribution in [0, 0.1) is 0 Å². The van der Waals surface area contributed by atoms with Crippen LogP contribution in [-0.2, 0) is 4.79 Å². The third-order valence-corrected chi connectivity index (χ3v) is 5.51. The molecule has 2 fully saturated rings. The van der Waals surface area contributed by atoms with Gasteiger partial charge in [-0.3, -0.25) is 4.79 Å². The van der Waals surface area contributed by atoms with Crippen LogP contribution in [0.4, 0.5) is 10.5 Å². The van der Waals surface area contributed by atoms with E-state index in [1.807, 2.05) is 31.2 Å². The summed E-state index contributed by atoms with van der Waals surface area (Å²) >= 11 is 0. The Bertz CT molecular complexity index is 649. The molecule has 7 heteroatoms. The van der Waals surface area contributed by atoms with Crippen LogP contribution in [0.5, 0.6) is 5.75 Å². The second-order valence-electron chi connectivity index (χ2n) is 7.29. The molecule has 0 bridgehead atoms. The minimum absolute atomic E-state index is 0.0295. The van der Waals surface area contributed by atoms with Crippen molar-refractivity contribution in [3.8, 4) is 5.75 Å². The van der Waals surface area contributed by atoms with Gasteiger partial charge in [0.1, 0.15) is 11.8 Å². The van der Waals surface area contributed by atoms with Crippen LogP contribution in [0.3, 0.4) is 0 Å². The fraction of sp³-hybridized carbons (Fsp3) is 0.600. The van der Waals surface area contributed by atoms with Crippen molar-refractivity contribution in [2.24, 2.45) is 0 Å². The lowest BCUT2D eigenvalue weighted by molar-refractivity contribution is -0.909. The van der Waals surface area contributed by atoms with Crippen LogP contribution in [0.2, 0.25) is 0 Å². The monoisotopic (exact) mass is 375 g/mol. The quantitative estimate of drug-likeness (QED) is 0.652. The lowest BCUT2D eigenvalue weighted by Gasteiger charge is -2.21. The van der Waals surface area contributed by atoms with Crippen LogP contribution < -0.4 is 25.2 Å². The first kappa shape index (κ1) is 19.5. The molecule has 2 heterocycles. The van der Waals surface area contributed by atoms with E-state index in [2.05, 4.69) is 17.6 Å². The first-order valence-electron chi connectivity index (χ1n) is 10.0. The summed E-state index contributed by atoms with van der Waals surface area (Å²) in [7, 11) is 0. The van der Waals surface area contributed by atoms with Gasteiger partial charge in [0, 0.05) is 31.5 Å². The van der Waals surface area contributed by atoms with E-state index in [0.717, 1.165) is 24.4 Å². The van der Waals surface area contributed by atoms with Gasteiger partial charge in [0.05, 0.1) is 32.3 Å². The minimum Gasteiger partial charge on any atom is -0.494 e. The standard InChI is InChI=1S/C20H30N4O3/c1-3-23-11-5-6-17(23)13-21-20(26)22-15-12-19(25)24(14-15)16-7-9-18(10-8-16)27-4-2/h7-10,15,17H,3-6,11-14H2,1-2H3,(H2,21,22,26)/p+1/t15-,17+/m1/s1. The maximum atomic E-state index is 12.3. The van der Waals surface area contributed by atoms with Crippen LogP contribution in [0.15, 0.2) is 24.3 Å². The van der Waals surface area contributed by atoms with Crippen molar-refractivity contribution in [3.05, 3.63) is 24.3 Å². The Labute approximate surface area is 161 Å². The molecule has 3 atom stereocenters. The zero-order valence-electron chi connectivity index (χ0n) is 16.3. The van der Waals surface area contributed by atoms with Gasteiger partial charge in [0.2, 0.25) is 5.91 Å². The Kier molecular flexibility index (Phi) is 6.55. The molecule has 1 aromatic rings. The molecule has 1 aromatic carbocycles. The number of hydrogen-bond donors (Lipinski definition) is 3. The number of amides is 3. The average Bonchev–Trinajstić information content (AvgIpc) is 3.27. The number of likely N-dealkylation sites (N-methyl/N-ethyl adjacent to an activating group) is 1. The summed E-state index contributed by atoms with van der Waals surface area (Å²) in [6.45, 7) is 8.22. The predicted octanol–water partition coefficient (Wildman–Crippen LogP) is 0.557. The van der Waals surface area contributed by atoms with Crippen LogP contribution >= 0.6 is 0 Å². The van der Waals surface area contributed by atoms with E-state index in [-0.39, 0.29) is 18.0 Å². The highest BCUT2D eigenvalue weighted by Gasteiger charge is 2.32. The maximum Gasteiger partial charge on any atom is 0.315 e. The number of quaternary nitrogens is 1. The molecule has 0 aliphatic carbocycles. The van der Waals surface area contributed by atoms with E-state index in [1.165, 1.54) is 13.0 Å². The lowest BCUT2D eigenvalue weighted by atomic mass is 10.2. The molecule has 2 aliphatic heterocycles. The van der Waals surface area contributed by atoms with Gasteiger partial charge in [-0.25, -0.2) is 4.79 Å². The van der Waals surface area contributed by atoms with Crippen molar-refractivity contribution >= 4 is 17.6 Å². The number of nitrogens with zero attached hydrogens (tertiary/aromatic N) is 1. The highest BCUT2D eigenvalue weighted by Crippen LogP contribution is 2.24. The number of nitrogens with one attached hydrogen (secondary N) is 3. The number of carbonyl (C=O) groups excluding carboxylic acids is 2. The normalized spacial score (nSPS) is 24.9. The summed E-state index contributed by atoms with van der Waals surface area (Å²) in [5.41, 5.74) is 0.835. The molecule has 3 amide bonds. The third kappa shape index (κ3) is 4.91. The largest absolute Gasteiger partial charge is 0.494 e. The van der Waals surface area contributed by atoms with Crippen molar-refractivity contribution < 1.29 is 19.2 Å². The van der Waals surface area contributed by atoms with Crippen molar-refractivity contribution in [1.82, 2.24) is 10.6 Å². The van der Waals surface area contributed by atoms with Crippen LogP contribution in [0.25, 0.3) is 0 Å². The van der Waals surface area contributed by atoms with E-state index in [1.54, 1.807) is 9.80 Å². The first-order valence-corrected chi connectivity index (χ1v) is 10.0. The third-order valence-electron chi connectivity index (χ3n) is 5.51. The number of hydrogen-bond acceptors (Lipinski definition) is 3. The molecule has 0 saturated carbocycles. The van der Waals surface area contributed by atoms with Gasteiger partial charge in [0.15, 0.2) is 0 Å². The van der Waals surface area contributed by atoms with Crippen molar-refractivity contribution in [2.45, 2.75) is 45.2 Å². The molecule has 2 saturated heterocycles. The van der Waals surface area contributed by atoms with Gasteiger partial charge < -0.3 is 25.2 Å². The van der Waals surface area contributed by atoms with Crippen molar-refractivity contribution in [2.75, 3.05) is 37.7 Å². The zero-order chi connectivity index (χ0) is 19.2.